The van der Waals surface area contributed by atoms with E-state index in [4.69, 9.17) is 4.74 Å². The molecule has 4 rings (SSSR count). The lowest BCUT2D eigenvalue weighted by Gasteiger charge is -2.34. The van der Waals surface area contributed by atoms with E-state index >= 15 is 0 Å². The summed E-state index contributed by atoms with van der Waals surface area (Å²) in [6.45, 7) is 3.67. The van der Waals surface area contributed by atoms with E-state index < -0.39 is 28.5 Å². The van der Waals surface area contributed by atoms with Gasteiger partial charge >= 0.3 is 0 Å². The van der Waals surface area contributed by atoms with Gasteiger partial charge in [0.2, 0.25) is 11.8 Å². The van der Waals surface area contributed by atoms with Crippen molar-refractivity contribution in [2.75, 3.05) is 24.5 Å². The molecule has 0 aromatic heterocycles. The van der Waals surface area contributed by atoms with Crippen molar-refractivity contribution < 1.29 is 22.7 Å². The second-order valence-corrected chi connectivity index (χ2v) is 13.1. The molecule has 0 spiro atoms. The molecule has 4 aromatic carbocycles. The van der Waals surface area contributed by atoms with Gasteiger partial charge in [-0.25, -0.2) is 8.42 Å². The van der Waals surface area contributed by atoms with E-state index in [-0.39, 0.29) is 23.8 Å². The number of rotatable bonds is 13. The fourth-order valence-corrected chi connectivity index (χ4v) is 6.65. The van der Waals surface area contributed by atoms with E-state index in [0.29, 0.717) is 18.0 Å². The molecule has 0 bridgehead atoms. The molecule has 0 aliphatic carbocycles. The Hall–Kier alpha value is -4.15. The van der Waals surface area contributed by atoms with Crippen LogP contribution in [-0.2, 0) is 32.6 Å². The van der Waals surface area contributed by atoms with Crippen molar-refractivity contribution in [3.8, 4) is 5.75 Å². The monoisotopic (exact) mass is 677 g/mol. The van der Waals surface area contributed by atoms with Crippen molar-refractivity contribution in [2.45, 2.75) is 37.8 Å². The van der Waals surface area contributed by atoms with Crippen molar-refractivity contribution >= 4 is 43.5 Å². The zero-order valence-electron chi connectivity index (χ0n) is 24.9. The topological polar surface area (TPSA) is 96.0 Å². The first-order chi connectivity index (χ1) is 21.1. The summed E-state index contributed by atoms with van der Waals surface area (Å²) in [5.74, 6) is -0.331. The lowest BCUT2D eigenvalue weighted by Crippen LogP contribution is -2.53. The number of ether oxygens (including phenoxy) is 1. The van der Waals surface area contributed by atoms with E-state index in [2.05, 4.69) is 21.2 Å². The summed E-state index contributed by atoms with van der Waals surface area (Å²) in [5, 5.41) is 2.87. The van der Waals surface area contributed by atoms with Crippen LogP contribution in [0.5, 0.6) is 5.75 Å². The van der Waals surface area contributed by atoms with Crippen LogP contribution in [0.3, 0.4) is 0 Å². The summed E-state index contributed by atoms with van der Waals surface area (Å²) >= 11 is 3.49. The first kappa shape index (κ1) is 32.8. The molecule has 2 amide bonds. The highest BCUT2D eigenvalue weighted by atomic mass is 79.9. The van der Waals surface area contributed by atoms with Crippen molar-refractivity contribution in [1.29, 1.82) is 0 Å². The number of likely N-dealkylation sites (N-methyl/N-ethyl adjacent to an activating group) is 1. The van der Waals surface area contributed by atoms with Crippen LogP contribution in [-0.4, -0.2) is 51.4 Å². The summed E-state index contributed by atoms with van der Waals surface area (Å²) in [5.41, 5.74) is 2.93. The van der Waals surface area contributed by atoms with Crippen LogP contribution in [0.1, 0.15) is 23.6 Å². The molecule has 44 heavy (non-hydrogen) atoms. The van der Waals surface area contributed by atoms with Crippen LogP contribution < -0.4 is 14.4 Å². The molecule has 8 nitrogen and oxygen atoms in total. The Balaban J connectivity index is 1.79. The molecule has 0 aliphatic rings. The molecule has 0 heterocycles. The standard InChI is InChI=1S/C34H36BrN3O5S/c1-4-36-34(40)32(22-26-9-6-5-7-10-26)37(23-27-11-8-12-28(35)21-27)33(39)24-38(29-15-13-25(2)14-16-29)44(41,42)31-19-17-30(43-3)18-20-31/h5-21,32H,4,22-24H2,1-3H3,(H,36,40). The first-order valence-corrected chi connectivity index (χ1v) is 16.4. The number of hydrogen-bond donors (Lipinski definition) is 1. The third kappa shape index (κ3) is 8.27. The molecular formula is C34H36BrN3O5S. The number of benzene rings is 4. The van der Waals surface area contributed by atoms with E-state index in [1.807, 2.05) is 68.4 Å². The molecule has 0 saturated carbocycles. The Bertz CT molecular complexity index is 1660. The molecule has 0 fully saturated rings. The zero-order valence-corrected chi connectivity index (χ0v) is 27.3. The maximum atomic E-state index is 14.4. The van der Waals surface area contributed by atoms with Gasteiger partial charge in [0.1, 0.15) is 18.3 Å². The van der Waals surface area contributed by atoms with Gasteiger partial charge in [0.15, 0.2) is 0 Å². The van der Waals surface area contributed by atoms with Gasteiger partial charge in [-0.05, 0) is 73.5 Å². The van der Waals surface area contributed by atoms with Crippen LogP contribution in [0.2, 0.25) is 0 Å². The molecule has 0 saturated heterocycles. The van der Waals surface area contributed by atoms with Gasteiger partial charge in [-0.15, -0.1) is 0 Å². The van der Waals surface area contributed by atoms with Gasteiger partial charge in [-0.3, -0.25) is 13.9 Å². The summed E-state index contributed by atoms with van der Waals surface area (Å²) in [6, 6.07) is 29.0. The maximum absolute atomic E-state index is 14.4. The molecule has 1 N–H and O–H groups in total. The third-order valence-electron chi connectivity index (χ3n) is 7.11. The van der Waals surface area contributed by atoms with Gasteiger partial charge in [0.05, 0.1) is 17.7 Å². The lowest BCUT2D eigenvalue weighted by atomic mass is 10.0. The predicted molar refractivity (Wildman–Crippen MR) is 176 cm³/mol. The summed E-state index contributed by atoms with van der Waals surface area (Å²) in [4.78, 5) is 29.5. The van der Waals surface area contributed by atoms with Crippen LogP contribution in [0.25, 0.3) is 0 Å². The number of aryl methyl sites for hydroxylation is 1. The minimum Gasteiger partial charge on any atom is -0.497 e. The lowest BCUT2D eigenvalue weighted by molar-refractivity contribution is -0.140. The number of hydrogen-bond acceptors (Lipinski definition) is 5. The molecular weight excluding hydrogens is 642 g/mol. The Morgan fingerprint density at radius 3 is 2.16 bits per heavy atom. The SMILES string of the molecule is CCNC(=O)C(Cc1ccccc1)N(Cc1cccc(Br)c1)C(=O)CN(c1ccc(C)cc1)S(=O)(=O)c1ccc(OC)cc1. The largest absolute Gasteiger partial charge is 0.497 e. The van der Waals surface area contributed by atoms with Crippen LogP contribution in [0.15, 0.2) is 112 Å². The van der Waals surface area contributed by atoms with Crippen LogP contribution >= 0.6 is 15.9 Å². The van der Waals surface area contributed by atoms with E-state index in [1.54, 1.807) is 36.4 Å². The van der Waals surface area contributed by atoms with Gasteiger partial charge in [0, 0.05) is 24.0 Å². The Morgan fingerprint density at radius 1 is 0.886 bits per heavy atom. The van der Waals surface area contributed by atoms with Crippen molar-refractivity contribution in [3.63, 3.8) is 0 Å². The third-order valence-corrected chi connectivity index (χ3v) is 9.39. The summed E-state index contributed by atoms with van der Waals surface area (Å²) in [7, 11) is -2.69. The normalized spacial score (nSPS) is 11.8. The summed E-state index contributed by atoms with van der Waals surface area (Å²) in [6.07, 6.45) is 0.252. The molecule has 0 radical (unpaired) electrons. The highest BCUT2D eigenvalue weighted by Crippen LogP contribution is 2.27. The quantitative estimate of drug-likeness (QED) is 0.195. The highest BCUT2D eigenvalue weighted by molar-refractivity contribution is 9.10. The molecule has 1 unspecified atom stereocenters. The first-order valence-electron chi connectivity index (χ1n) is 14.2. The Kier molecular flexibility index (Phi) is 11.2. The smallest absolute Gasteiger partial charge is 0.264 e. The fraction of sp³-hybridized carbons (Fsp3) is 0.235. The Labute approximate surface area is 267 Å². The van der Waals surface area contributed by atoms with Gasteiger partial charge in [0.25, 0.3) is 10.0 Å². The number of anilines is 1. The number of amides is 2. The van der Waals surface area contributed by atoms with E-state index in [9.17, 15) is 18.0 Å². The average Bonchev–Trinajstić information content (AvgIpc) is 3.02. The predicted octanol–water partition coefficient (Wildman–Crippen LogP) is 5.74. The number of nitrogens with zero attached hydrogens (tertiary/aromatic N) is 2. The number of sulfonamides is 1. The van der Waals surface area contributed by atoms with Gasteiger partial charge < -0.3 is 15.0 Å². The molecule has 230 valence electrons. The fourth-order valence-electron chi connectivity index (χ4n) is 4.79. The minimum absolute atomic E-state index is 0.00905. The van der Waals surface area contributed by atoms with Gasteiger partial charge in [-0.2, -0.15) is 0 Å². The van der Waals surface area contributed by atoms with Crippen LogP contribution in [0.4, 0.5) is 5.69 Å². The number of carbonyl (C=O) groups excluding carboxylic acids is 2. The number of methoxy groups -OCH3 is 1. The van der Waals surface area contributed by atoms with E-state index in [0.717, 1.165) is 25.5 Å². The maximum Gasteiger partial charge on any atom is 0.264 e. The molecule has 0 aliphatic heterocycles. The second kappa shape index (κ2) is 15.0. The average molecular weight is 679 g/mol. The second-order valence-electron chi connectivity index (χ2n) is 10.3. The molecule has 1 atom stereocenters. The number of halogens is 1. The van der Waals surface area contributed by atoms with Crippen molar-refractivity contribution in [2.24, 2.45) is 0 Å². The number of nitrogens with one attached hydrogen (secondary N) is 1. The highest BCUT2D eigenvalue weighted by Gasteiger charge is 2.34. The number of carbonyl (C=O) groups is 2. The van der Waals surface area contributed by atoms with Crippen LogP contribution in [0, 0.1) is 6.92 Å². The van der Waals surface area contributed by atoms with Crippen molar-refractivity contribution in [3.05, 3.63) is 124 Å². The molecule has 4 aromatic rings. The van der Waals surface area contributed by atoms with Gasteiger partial charge in [-0.1, -0.05) is 76.1 Å². The minimum atomic E-state index is -4.19. The van der Waals surface area contributed by atoms with Crippen molar-refractivity contribution in [1.82, 2.24) is 10.2 Å². The Morgan fingerprint density at radius 2 is 1.55 bits per heavy atom. The summed E-state index contributed by atoms with van der Waals surface area (Å²) < 4.78 is 35.3. The zero-order chi connectivity index (χ0) is 31.7. The van der Waals surface area contributed by atoms with E-state index in [1.165, 1.54) is 24.1 Å². The molecule has 10 heteroatoms.